The number of hydrogen-bond donors (Lipinski definition) is 0. The minimum atomic E-state index is 0.0913. The number of carbonyl (C=O) groups excluding carboxylic acids is 1. The van der Waals surface area contributed by atoms with E-state index in [0.29, 0.717) is 19.0 Å². The van der Waals surface area contributed by atoms with Gasteiger partial charge in [-0.25, -0.2) is 0 Å². The molecule has 3 rings (SSSR count). The summed E-state index contributed by atoms with van der Waals surface area (Å²) in [6.07, 6.45) is 1.72. The minimum absolute atomic E-state index is 0.0913. The first kappa shape index (κ1) is 15.5. The summed E-state index contributed by atoms with van der Waals surface area (Å²) in [7, 11) is 0. The van der Waals surface area contributed by atoms with Crippen molar-refractivity contribution in [2.45, 2.75) is 32.8 Å². The number of hydrogen-bond acceptors (Lipinski definition) is 4. The number of likely N-dealkylation sites (tertiary alicyclic amines) is 1. The molecule has 1 saturated heterocycles. The van der Waals surface area contributed by atoms with Gasteiger partial charge in [0.1, 0.15) is 6.10 Å². The Morgan fingerprint density at radius 1 is 1.13 bits per heavy atom. The van der Waals surface area contributed by atoms with Crippen molar-refractivity contribution in [2.24, 2.45) is 0 Å². The zero-order chi connectivity index (χ0) is 16.2. The second-order valence-corrected chi connectivity index (χ2v) is 5.99. The van der Waals surface area contributed by atoms with E-state index < -0.39 is 0 Å². The van der Waals surface area contributed by atoms with Crippen molar-refractivity contribution in [3.8, 4) is 5.88 Å². The zero-order valence-corrected chi connectivity index (χ0v) is 13.5. The molecule has 1 aromatic heterocycles. The van der Waals surface area contributed by atoms with Gasteiger partial charge in [0.05, 0.1) is 5.69 Å². The molecule has 23 heavy (non-hydrogen) atoms. The molecule has 0 bridgehead atoms. The van der Waals surface area contributed by atoms with E-state index in [0.717, 1.165) is 29.7 Å². The first-order chi connectivity index (χ1) is 11.1. The highest BCUT2D eigenvalue weighted by atomic mass is 16.5. The van der Waals surface area contributed by atoms with Crippen molar-refractivity contribution < 1.29 is 9.53 Å². The van der Waals surface area contributed by atoms with Crippen molar-refractivity contribution in [1.82, 2.24) is 15.1 Å². The van der Waals surface area contributed by atoms with Crippen molar-refractivity contribution in [3.63, 3.8) is 0 Å². The smallest absolute Gasteiger partial charge is 0.253 e. The lowest BCUT2D eigenvalue weighted by Gasteiger charge is -2.32. The van der Waals surface area contributed by atoms with Crippen LogP contribution in [0.3, 0.4) is 0 Å². The summed E-state index contributed by atoms with van der Waals surface area (Å²) in [6.45, 7) is 5.30. The van der Waals surface area contributed by atoms with Crippen molar-refractivity contribution in [2.75, 3.05) is 13.1 Å². The summed E-state index contributed by atoms with van der Waals surface area (Å²) >= 11 is 0. The fourth-order valence-corrected chi connectivity index (χ4v) is 2.76. The number of aryl methyl sites for hydroxylation is 2. The molecule has 1 fully saturated rings. The Morgan fingerprint density at radius 3 is 2.57 bits per heavy atom. The van der Waals surface area contributed by atoms with E-state index >= 15 is 0 Å². The summed E-state index contributed by atoms with van der Waals surface area (Å²) in [4.78, 5) is 14.4. The second-order valence-electron chi connectivity index (χ2n) is 5.99. The number of carbonyl (C=O) groups is 1. The Morgan fingerprint density at radius 2 is 1.91 bits per heavy atom. The molecule has 5 heteroatoms. The Labute approximate surface area is 136 Å². The molecule has 5 nitrogen and oxygen atoms in total. The Balaban J connectivity index is 1.55. The Bertz CT molecular complexity index is 677. The van der Waals surface area contributed by atoms with Crippen LogP contribution in [0.2, 0.25) is 0 Å². The van der Waals surface area contributed by atoms with E-state index in [2.05, 4.69) is 10.2 Å². The van der Waals surface area contributed by atoms with E-state index in [1.165, 1.54) is 0 Å². The fourth-order valence-electron chi connectivity index (χ4n) is 2.76. The van der Waals surface area contributed by atoms with Crippen molar-refractivity contribution >= 4 is 5.91 Å². The van der Waals surface area contributed by atoms with E-state index in [1.807, 2.05) is 55.1 Å². The summed E-state index contributed by atoms with van der Waals surface area (Å²) in [5.74, 6) is 0.654. The first-order valence-electron chi connectivity index (χ1n) is 7.95. The Hall–Kier alpha value is -2.43. The van der Waals surface area contributed by atoms with Gasteiger partial charge in [0, 0.05) is 37.6 Å². The average molecular weight is 311 g/mol. The summed E-state index contributed by atoms with van der Waals surface area (Å²) in [5, 5.41) is 8.03. The SMILES string of the molecule is Cc1cccc(C(=O)N2CCC(Oc3ccc(C)nn3)CC2)c1. The van der Waals surface area contributed by atoms with Crippen molar-refractivity contribution in [1.29, 1.82) is 0 Å². The molecular weight excluding hydrogens is 290 g/mol. The fraction of sp³-hybridized carbons (Fsp3) is 0.389. The molecule has 0 unspecified atom stereocenters. The Kier molecular flexibility index (Phi) is 4.55. The average Bonchev–Trinajstić information content (AvgIpc) is 2.57. The molecule has 120 valence electrons. The van der Waals surface area contributed by atoms with Crippen LogP contribution in [0, 0.1) is 13.8 Å². The van der Waals surface area contributed by atoms with E-state index in [9.17, 15) is 4.79 Å². The topological polar surface area (TPSA) is 55.3 Å². The third kappa shape index (κ3) is 3.86. The molecule has 0 atom stereocenters. The van der Waals surface area contributed by atoms with Gasteiger partial charge in [-0.2, -0.15) is 5.10 Å². The molecule has 0 N–H and O–H groups in total. The van der Waals surface area contributed by atoms with E-state index in [4.69, 9.17) is 4.74 Å². The molecule has 0 aliphatic carbocycles. The largest absolute Gasteiger partial charge is 0.473 e. The van der Waals surface area contributed by atoms with Crippen LogP contribution in [-0.4, -0.2) is 40.2 Å². The molecule has 0 spiro atoms. The zero-order valence-electron chi connectivity index (χ0n) is 13.5. The molecule has 0 radical (unpaired) electrons. The van der Waals surface area contributed by atoms with Crippen molar-refractivity contribution in [3.05, 3.63) is 53.2 Å². The highest BCUT2D eigenvalue weighted by molar-refractivity contribution is 5.94. The maximum absolute atomic E-state index is 12.5. The number of aromatic nitrogens is 2. The number of ether oxygens (including phenoxy) is 1. The second kappa shape index (κ2) is 6.77. The summed E-state index contributed by atoms with van der Waals surface area (Å²) in [5.41, 5.74) is 2.73. The van der Waals surface area contributed by atoms with Gasteiger partial charge in [0.15, 0.2) is 0 Å². The van der Waals surface area contributed by atoms with Gasteiger partial charge in [-0.1, -0.05) is 17.7 Å². The van der Waals surface area contributed by atoms with Gasteiger partial charge < -0.3 is 9.64 Å². The van der Waals surface area contributed by atoms with Crippen LogP contribution in [0.4, 0.5) is 0 Å². The summed E-state index contributed by atoms with van der Waals surface area (Å²) in [6, 6.07) is 11.5. The van der Waals surface area contributed by atoms with Gasteiger partial charge in [0.25, 0.3) is 5.91 Å². The van der Waals surface area contributed by atoms with Gasteiger partial charge in [-0.15, -0.1) is 5.10 Å². The van der Waals surface area contributed by atoms with E-state index in [-0.39, 0.29) is 12.0 Å². The predicted molar refractivity (Wildman–Crippen MR) is 87.5 cm³/mol. The lowest BCUT2D eigenvalue weighted by Crippen LogP contribution is -2.41. The lowest BCUT2D eigenvalue weighted by molar-refractivity contribution is 0.0586. The molecule has 1 aliphatic heterocycles. The summed E-state index contributed by atoms with van der Waals surface area (Å²) < 4.78 is 5.85. The van der Waals surface area contributed by atoms with E-state index in [1.54, 1.807) is 0 Å². The third-order valence-corrected chi connectivity index (χ3v) is 4.06. The maximum atomic E-state index is 12.5. The van der Waals surface area contributed by atoms with Gasteiger partial charge in [-0.05, 0) is 32.0 Å². The third-order valence-electron chi connectivity index (χ3n) is 4.06. The number of piperidine rings is 1. The van der Waals surface area contributed by atoms with Gasteiger partial charge >= 0.3 is 0 Å². The van der Waals surface area contributed by atoms with Crippen LogP contribution >= 0.6 is 0 Å². The van der Waals surface area contributed by atoms with Crippen LogP contribution in [0.5, 0.6) is 5.88 Å². The molecule has 0 saturated carbocycles. The number of nitrogens with zero attached hydrogens (tertiary/aromatic N) is 3. The molecule has 1 aromatic carbocycles. The lowest BCUT2D eigenvalue weighted by atomic mass is 10.1. The molecule has 1 aliphatic rings. The highest BCUT2D eigenvalue weighted by Crippen LogP contribution is 2.19. The van der Waals surface area contributed by atoms with Crippen LogP contribution in [-0.2, 0) is 0 Å². The maximum Gasteiger partial charge on any atom is 0.253 e. The van der Waals surface area contributed by atoms with Gasteiger partial charge in [-0.3, -0.25) is 4.79 Å². The highest BCUT2D eigenvalue weighted by Gasteiger charge is 2.25. The monoisotopic (exact) mass is 311 g/mol. The van der Waals surface area contributed by atoms with Crippen LogP contribution in [0.15, 0.2) is 36.4 Å². The predicted octanol–water partition coefficient (Wildman–Crippen LogP) is 2.78. The molecule has 2 heterocycles. The normalized spacial score (nSPS) is 15.5. The van der Waals surface area contributed by atoms with Crippen LogP contribution < -0.4 is 4.74 Å². The van der Waals surface area contributed by atoms with Crippen LogP contribution in [0.25, 0.3) is 0 Å². The molecule has 1 amide bonds. The number of rotatable bonds is 3. The molecular formula is C18H21N3O2. The standard InChI is InChI=1S/C18H21N3O2/c1-13-4-3-5-15(12-13)18(22)21-10-8-16(9-11-21)23-17-7-6-14(2)19-20-17/h3-7,12,16H,8-11H2,1-2H3. The first-order valence-corrected chi connectivity index (χ1v) is 7.95. The minimum Gasteiger partial charge on any atom is -0.473 e. The van der Waals surface area contributed by atoms with Crippen LogP contribution in [0.1, 0.15) is 34.5 Å². The number of amides is 1. The number of benzene rings is 1. The van der Waals surface area contributed by atoms with Gasteiger partial charge in [0.2, 0.25) is 5.88 Å². The quantitative estimate of drug-likeness (QED) is 0.874. The molecule has 2 aromatic rings.